The molecular formula is C21H29N5O2. The number of hydrogen-bond acceptors (Lipinski definition) is 5. The lowest BCUT2D eigenvalue weighted by atomic mass is 10.1. The molecule has 0 aliphatic carbocycles. The molecule has 4 rings (SSSR count). The number of guanidine groups is 1. The second-order valence-electron chi connectivity index (χ2n) is 8.47. The Balaban J connectivity index is 1.62. The topological polar surface area (TPSA) is 59.5 Å². The fraction of sp³-hybridized carbons (Fsp3) is 0.571. The molecule has 0 saturated carbocycles. The van der Waals surface area contributed by atoms with Crippen LogP contribution in [0, 0.1) is 19.8 Å². The molecule has 0 N–H and O–H groups in total. The van der Waals surface area contributed by atoms with Crippen LogP contribution in [-0.4, -0.2) is 71.5 Å². The summed E-state index contributed by atoms with van der Waals surface area (Å²) in [6, 6.07) is 5.72. The van der Waals surface area contributed by atoms with Crippen molar-refractivity contribution < 1.29 is 9.59 Å². The summed E-state index contributed by atoms with van der Waals surface area (Å²) in [6.45, 7) is 10.4. The van der Waals surface area contributed by atoms with Gasteiger partial charge in [-0.3, -0.25) is 9.69 Å². The first kappa shape index (κ1) is 18.8. The number of rotatable bonds is 4. The van der Waals surface area contributed by atoms with Gasteiger partial charge in [-0.05, 0) is 49.4 Å². The molecular weight excluding hydrogens is 354 g/mol. The van der Waals surface area contributed by atoms with Crippen LogP contribution < -0.4 is 4.90 Å². The molecule has 1 aromatic rings. The molecule has 2 unspecified atom stereocenters. The molecule has 0 aromatic heterocycles. The molecule has 0 spiro atoms. The zero-order valence-electron chi connectivity index (χ0n) is 17.3. The number of likely N-dealkylation sites (N-methyl/N-ethyl adjacent to an activating group) is 1. The number of carbonyl (C=O) groups is 2. The smallest absolute Gasteiger partial charge is 0.325 e. The van der Waals surface area contributed by atoms with Crippen LogP contribution in [0.15, 0.2) is 23.2 Å². The van der Waals surface area contributed by atoms with E-state index in [9.17, 15) is 9.59 Å². The largest absolute Gasteiger partial charge is 0.328 e. The maximum absolute atomic E-state index is 13.2. The predicted molar refractivity (Wildman–Crippen MR) is 109 cm³/mol. The lowest BCUT2D eigenvalue weighted by Gasteiger charge is -2.40. The summed E-state index contributed by atoms with van der Waals surface area (Å²) in [4.78, 5) is 38.1. The monoisotopic (exact) mass is 383 g/mol. The fourth-order valence-electron chi connectivity index (χ4n) is 4.17. The second kappa shape index (κ2) is 6.79. The van der Waals surface area contributed by atoms with Crippen molar-refractivity contribution in [2.24, 2.45) is 10.9 Å². The van der Waals surface area contributed by atoms with Crippen molar-refractivity contribution in [3.8, 4) is 0 Å². The minimum atomic E-state index is -0.445. The molecule has 2 saturated heterocycles. The van der Waals surface area contributed by atoms with Gasteiger partial charge in [0.1, 0.15) is 0 Å². The Bertz CT molecular complexity index is 849. The standard InChI is InChI=1S/C21H29N5O2/c1-13(2)8-9-26-19(27)17-18(23(5)21(26)28)22-20-24(10-11-25(17)20)16-7-6-14(3)15(4)12-16/h6-7,12-13,17-18H,8-11H2,1-5H3. The normalized spacial score (nSPS) is 24.3. The van der Waals surface area contributed by atoms with Crippen LogP contribution in [0.3, 0.4) is 0 Å². The van der Waals surface area contributed by atoms with Crippen molar-refractivity contribution >= 4 is 23.6 Å². The second-order valence-corrected chi connectivity index (χ2v) is 8.47. The van der Waals surface area contributed by atoms with Gasteiger partial charge in [-0.25, -0.2) is 9.79 Å². The molecule has 3 amide bonds. The van der Waals surface area contributed by atoms with Crippen LogP contribution in [0.2, 0.25) is 0 Å². The number of amides is 3. The van der Waals surface area contributed by atoms with Crippen LogP contribution in [0.4, 0.5) is 10.5 Å². The third-order valence-electron chi connectivity index (χ3n) is 6.11. The maximum Gasteiger partial charge on any atom is 0.328 e. The predicted octanol–water partition coefficient (Wildman–Crippen LogP) is 2.43. The van der Waals surface area contributed by atoms with Crippen molar-refractivity contribution in [2.75, 3.05) is 31.6 Å². The molecule has 3 aliphatic rings. The van der Waals surface area contributed by atoms with Gasteiger partial charge in [0, 0.05) is 32.4 Å². The average Bonchev–Trinajstić information content (AvgIpc) is 3.21. The van der Waals surface area contributed by atoms with Crippen LogP contribution in [0.1, 0.15) is 31.4 Å². The van der Waals surface area contributed by atoms with Crippen LogP contribution in [0.5, 0.6) is 0 Å². The molecule has 3 aliphatic heterocycles. The van der Waals surface area contributed by atoms with E-state index in [-0.39, 0.29) is 11.9 Å². The molecule has 0 bridgehead atoms. The summed E-state index contributed by atoms with van der Waals surface area (Å²) in [5, 5.41) is 0. The maximum atomic E-state index is 13.2. The molecule has 2 fully saturated rings. The van der Waals surface area contributed by atoms with Crippen molar-refractivity contribution in [3.63, 3.8) is 0 Å². The number of urea groups is 1. The first-order valence-electron chi connectivity index (χ1n) is 10.1. The molecule has 7 heteroatoms. The Kier molecular flexibility index (Phi) is 4.56. The summed E-state index contributed by atoms with van der Waals surface area (Å²) in [5.74, 6) is 1.12. The van der Waals surface area contributed by atoms with Gasteiger partial charge in [0.2, 0.25) is 5.96 Å². The van der Waals surface area contributed by atoms with E-state index in [0.29, 0.717) is 12.5 Å². The first-order chi connectivity index (χ1) is 13.3. The van der Waals surface area contributed by atoms with Gasteiger partial charge in [0.05, 0.1) is 0 Å². The Morgan fingerprint density at radius 1 is 1.14 bits per heavy atom. The highest BCUT2D eigenvalue weighted by Gasteiger charge is 2.54. The quantitative estimate of drug-likeness (QED) is 0.801. The third-order valence-corrected chi connectivity index (χ3v) is 6.11. The van der Waals surface area contributed by atoms with Gasteiger partial charge < -0.3 is 14.7 Å². The molecule has 3 heterocycles. The Hall–Kier alpha value is -2.57. The summed E-state index contributed by atoms with van der Waals surface area (Å²) in [5.41, 5.74) is 3.57. The van der Waals surface area contributed by atoms with Crippen molar-refractivity contribution in [1.29, 1.82) is 0 Å². The molecule has 150 valence electrons. The van der Waals surface area contributed by atoms with E-state index >= 15 is 0 Å². The van der Waals surface area contributed by atoms with Gasteiger partial charge >= 0.3 is 6.03 Å². The minimum absolute atomic E-state index is 0.116. The van der Waals surface area contributed by atoms with Crippen LogP contribution >= 0.6 is 0 Å². The van der Waals surface area contributed by atoms with E-state index in [4.69, 9.17) is 4.99 Å². The van der Waals surface area contributed by atoms with E-state index in [0.717, 1.165) is 31.2 Å². The van der Waals surface area contributed by atoms with E-state index in [1.807, 2.05) is 0 Å². The van der Waals surface area contributed by atoms with E-state index < -0.39 is 12.2 Å². The Labute approximate surface area is 166 Å². The van der Waals surface area contributed by atoms with E-state index in [1.54, 1.807) is 11.9 Å². The molecule has 28 heavy (non-hydrogen) atoms. The minimum Gasteiger partial charge on any atom is -0.325 e. The highest BCUT2D eigenvalue weighted by atomic mass is 16.2. The number of anilines is 1. The number of aryl methyl sites for hydroxylation is 2. The van der Waals surface area contributed by atoms with E-state index in [1.165, 1.54) is 16.0 Å². The third kappa shape index (κ3) is 2.84. The number of fused-ring (bicyclic) bond motifs is 3. The molecule has 0 radical (unpaired) electrons. The van der Waals surface area contributed by atoms with Gasteiger partial charge in [-0.1, -0.05) is 19.9 Å². The van der Waals surface area contributed by atoms with Crippen molar-refractivity contribution in [2.45, 2.75) is 46.3 Å². The summed E-state index contributed by atoms with van der Waals surface area (Å²) < 4.78 is 0. The lowest BCUT2D eigenvalue weighted by molar-refractivity contribution is -0.137. The first-order valence-corrected chi connectivity index (χ1v) is 10.1. The highest BCUT2D eigenvalue weighted by Crippen LogP contribution is 2.34. The molecule has 2 atom stereocenters. The summed E-state index contributed by atoms with van der Waals surface area (Å²) in [7, 11) is 1.75. The highest BCUT2D eigenvalue weighted by molar-refractivity contribution is 6.08. The fourth-order valence-corrected chi connectivity index (χ4v) is 4.17. The number of benzene rings is 1. The summed E-state index contributed by atoms with van der Waals surface area (Å²) in [6.07, 6.45) is 0.366. The number of imide groups is 1. The zero-order chi connectivity index (χ0) is 20.2. The van der Waals surface area contributed by atoms with Gasteiger partial charge in [-0.15, -0.1) is 0 Å². The molecule has 7 nitrogen and oxygen atoms in total. The summed E-state index contributed by atoms with van der Waals surface area (Å²) >= 11 is 0. The average molecular weight is 383 g/mol. The van der Waals surface area contributed by atoms with E-state index in [2.05, 4.69) is 55.7 Å². The zero-order valence-corrected chi connectivity index (χ0v) is 17.3. The van der Waals surface area contributed by atoms with Crippen molar-refractivity contribution in [1.82, 2.24) is 14.7 Å². The number of nitrogens with zero attached hydrogens (tertiary/aromatic N) is 5. The van der Waals surface area contributed by atoms with Crippen molar-refractivity contribution in [3.05, 3.63) is 29.3 Å². The molecule has 1 aromatic carbocycles. The van der Waals surface area contributed by atoms with Gasteiger partial charge in [0.25, 0.3) is 5.91 Å². The van der Waals surface area contributed by atoms with Crippen LogP contribution in [-0.2, 0) is 4.79 Å². The lowest BCUT2D eigenvalue weighted by Crippen LogP contribution is -2.64. The number of hydrogen-bond donors (Lipinski definition) is 0. The van der Waals surface area contributed by atoms with Gasteiger partial charge in [-0.2, -0.15) is 0 Å². The Morgan fingerprint density at radius 3 is 2.57 bits per heavy atom. The number of aliphatic imine (C=N–C) groups is 1. The number of carbonyl (C=O) groups excluding carboxylic acids is 2. The van der Waals surface area contributed by atoms with Gasteiger partial charge in [0.15, 0.2) is 12.2 Å². The SMILES string of the molecule is Cc1ccc(N2CCN3C2=NC2C3C(=O)N(CCC(C)C)C(=O)N2C)cc1C. The Morgan fingerprint density at radius 2 is 1.89 bits per heavy atom. The van der Waals surface area contributed by atoms with Crippen LogP contribution in [0.25, 0.3) is 0 Å².